The molecule has 0 N–H and O–H groups in total. The van der Waals surface area contributed by atoms with Crippen LogP contribution in [0.4, 0.5) is 5.69 Å². The van der Waals surface area contributed by atoms with Crippen LogP contribution in [0.5, 0.6) is 0 Å². The number of hydrazone groups is 1. The first-order valence-corrected chi connectivity index (χ1v) is 9.73. The molecule has 0 bridgehead atoms. The van der Waals surface area contributed by atoms with Crippen molar-refractivity contribution in [3.8, 4) is 0 Å². The van der Waals surface area contributed by atoms with Gasteiger partial charge in [0.05, 0.1) is 35.3 Å². The number of rotatable bonds is 4. The Kier molecular flexibility index (Phi) is 5.26. The van der Waals surface area contributed by atoms with Crippen molar-refractivity contribution in [3.05, 3.63) is 83.1 Å². The molecule has 6 heteroatoms. The van der Waals surface area contributed by atoms with E-state index in [0.717, 1.165) is 34.9 Å². The van der Waals surface area contributed by atoms with Crippen LogP contribution in [0.3, 0.4) is 0 Å². The monoisotopic (exact) mass is 391 g/mol. The van der Waals surface area contributed by atoms with Crippen LogP contribution in [0.15, 0.2) is 77.0 Å². The molecule has 4 rings (SSSR count). The van der Waals surface area contributed by atoms with Crippen molar-refractivity contribution in [1.82, 2.24) is 14.8 Å². The van der Waals surface area contributed by atoms with Gasteiger partial charge in [0.15, 0.2) is 0 Å². The SMILES string of the molecule is CCN1CC(=Nc2cccc(Cl)c2)C(c2ccnn2C)C(c2ccccc2)=N1. The molecule has 0 saturated carbocycles. The zero-order valence-corrected chi connectivity index (χ0v) is 16.7. The Morgan fingerprint density at radius 2 is 1.93 bits per heavy atom. The summed E-state index contributed by atoms with van der Waals surface area (Å²) in [7, 11) is 1.96. The van der Waals surface area contributed by atoms with E-state index in [9.17, 15) is 0 Å². The molecule has 1 atom stereocenters. The summed E-state index contributed by atoms with van der Waals surface area (Å²) in [4.78, 5) is 5.00. The first kappa shape index (κ1) is 18.4. The molecule has 1 aliphatic rings. The molecule has 0 amide bonds. The lowest BCUT2D eigenvalue weighted by Crippen LogP contribution is -2.40. The van der Waals surface area contributed by atoms with Gasteiger partial charge in [-0.15, -0.1) is 0 Å². The maximum atomic E-state index is 6.19. The van der Waals surface area contributed by atoms with Gasteiger partial charge in [-0.25, -0.2) is 0 Å². The van der Waals surface area contributed by atoms with E-state index in [0.29, 0.717) is 11.6 Å². The quantitative estimate of drug-likeness (QED) is 0.648. The van der Waals surface area contributed by atoms with Crippen LogP contribution in [0.2, 0.25) is 5.02 Å². The first-order chi connectivity index (χ1) is 13.7. The topological polar surface area (TPSA) is 45.8 Å². The van der Waals surface area contributed by atoms with Gasteiger partial charge in [0.2, 0.25) is 0 Å². The largest absolute Gasteiger partial charge is 0.291 e. The Balaban J connectivity index is 1.89. The molecule has 0 fully saturated rings. The van der Waals surface area contributed by atoms with Crippen LogP contribution in [0, 0.1) is 0 Å². The Labute approximate surface area is 170 Å². The third-order valence-electron chi connectivity index (χ3n) is 4.87. The zero-order chi connectivity index (χ0) is 19.5. The Morgan fingerprint density at radius 1 is 1.11 bits per heavy atom. The van der Waals surface area contributed by atoms with E-state index in [1.807, 2.05) is 66.5 Å². The van der Waals surface area contributed by atoms with Crippen LogP contribution >= 0.6 is 11.6 Å². The Bertz CT molecular complexity index is 1020. The maximum Gasteiger partial charge on any atom is 0.0858 e. The van der Waals surface area contributed by atoms with Gasteiger partial charge >= 0.3 is 0 Å². The van der Waals surface area contributed by atoms with Crippen molar-refractivity contribution < 1.29 is 0 Å². The maximum absolute atomic E-state index is 6.19. The molecular formula is C22H22ClN5. The molecule has 5 nitrogen and oxygen atoms in total. The van der Waals surface area contributed by atoms with Crippen molar-refractivity contribution in [1.29, 1.82) is 0 Å². The van der Waals surface area contributed by atoms with Gasteiger partial charge in [-0.3, -0.25) is 14.7 Å². The number of benzene rings is 2. The van der Waals surface area contributed by atoms with E-state index in [2.05, 4.69) is 29.2 Å². The fourth-order valence-electron chi connectivity index (χ4n) is 3.49. The molecule has 0 aliphatic carbocycles. The minimum atomic E-state index is -0.0725. The van der Waals surface area contributed by atoms with Gasteiger partial charge < -0.3 is 0 Å². The van der Waals surface area contributed by atoms with Gasteiger partial charge in [0, 0.05) is 24.8 Å². The molecular weight excluding hydrogens is 370 g/mol. The summed E-state index contributed by atoms with van der Waals surface area (Å²) in [5, 5.41) is 12.1. The molecule has 0 radical (unpaired) electrons. The van der Waals surface area contributed by atoms with E-state index in [-0.39, 0.29) is 5.92 Å². The number of aromatic nitrogens is 2. The van der Waals surface area contributed by atoms with Crippen molar-refractivity contribution in [2.45, 2.75) is 12.8 Å². The van der Waals surface area contributed by atoms with E-state index in [1.165, 1.54) is 0 Å². The van der Waals surface area contributed by atoms with Crippen molar-refractivity contribution in [3.63, 3.8) is 0 Å². The average molecular weight is 392 g/mol. The highest BCUT2D eigenvalue weighted by Gasteiger charge is 2.33. The highest BCUT2D eigenvalue weighted by atomic mass is 35.5. The summed E-state index contributed by atoms with van der Waals surface area (Å²) >= 11 is 6.19. The van der Waals surface area contributed by atoms with Crippen LogP contribution in [0.1, 0.15) is 24.1 Å². The van der Waals surface area contributed by atoms with Crippen molar-refractivity contribution >= 4 is 28.7 Å². The van der Waals surface area contributed by atoms with E-state index in [4.69, 9.17) is 21.7 Å². The van der Waals surface area contributed by atoms with E-state index < -0.39 is 0 Å². The third-order valence-corrected chi connectivity index (χ3v) is 5.11. The number of hydrogen-bond acceptors (Lipinski definition) is 4. The second-order valence-electron chi connectivity index (χ2n) is 6.73. The van der Waals surface area contributed by atoms with Gasteiger partial charge in [-0.2, -0.15) is 10.2 Å². The van der Waals surface area contributed by atoms with Gasteiger partial charge in [-0.1, -0.05) is 48.0 Å². The molecule has 0 saturated heterocycles. The van der Waals surface area contributed by atoms with Crippen LogP contribution in [-0.2, 0) is 7.05 Å². The summed E-state index contributed by atoms with van der Waals surface area (Å²) in [5.41, 5.74) is 5.02. The molecule has 1 aliphatic heterocycles. The number of halogens is 1. The summed E-state index contributed by atoms with van der Waals surface area (Å²) in [6, 6.07) is 20.0. The highest BCUT2D eigenvalue weighted by molar-refractivity contribution is 6.30. The Morgan fingerprint density at radius 3 is 2.61 bits per heavy atom. The zero-order valence-electron chi connectivity index (χ0n) is 16.0. The van der Waals surface area contributed by atoms with Crippen molar-refractivity contribution in [2.24, 2.45) is 17.1 Å². The second kappa shape index (κ2) is 7.98. The summed E-state index contributed by atoms with van der Waals surface area (Å²) in [5.74, 6) is -0.0725. The normalized spacial score (nSPS) is 18.4. The molecule has 1 unspecified atom stereocenters. The van der Waals surface area contributed by atoms with Gasteiger partial charge in [-0.05, 0) is 36.8 Å². The second-order valence-corrected chi connectivity index (χ2v) is 7.16. The molecule has 2 aromatic carbocycles. The lowest BCUT2D eigenvalue weighted by Gasteiger charge is -2.32. The highest BCUT2D eigenvalue weighted by Crippen LogP contribution is 2.30. The lowest BCUT2D eigenvalue weighted by molar-refractivity contribution is 0.338. The molecule has 1 aromatic heterocycles. The van der Waals surface area contributed by atoms with Gasteiger partial charge in [0.1, 0.15) is 0 Å². The molecule has 28 heavy (non-hydrogen) atoms. The minimum Gasteiger partial charge on any atom is -0.291 e. The number of hydrogen-bond donors (Lipinski definition) is 0. The average Bonchev–Trinajstić information content (AvgIpc) is 3.13. The molecule has 142 valence electrons. The predicted octanol–water partition coefficient (Wildman–Crippen LogP) is 4.67. The van der Waals surface area contributed by atoms with Crippen LogP contribution in [-0.4, -0.2) is 39.3 Å². The fraction of sp³-hybridized carbons (Fsp3) is 0.227. The van der Waals surface area contributed by atoms with Crippen LogP contribution < -0.4 is 0 Å². The van der Waals surface area contributed by atoms with Crippen molar-refractivity contribution in [2.75, 3.05) is 13.1 Å². The van der Waals surface area contributed by atoms with E-state index >= 15 is 0 Å². The lowest BCUT2D eigenvalue weighted by atomic mass is 9.87. The molecule has 0 spiro atoms. The summed E-state index contributed by atoms with van der Waals surface area (Å²) < 4.78 is 1.90. The Hall–Kier alpha value is -2.92. The van der Waals surface area contributed by atoms with E-state index in [1.54, 1.807) is 0 Å². The predicted molar refractivity (Wildman–Crippen MR) is 115 cm³/mol. The number of aliphatic imine (C=N–C) groups is 1. The smallest absolute Gasteiger partial charge is 0.0858 e. The third kappa shape index (κ3) is 3.71. The summed E-state index contributed by atoms with van der Waals surface area (Å²) in [6.45, 7) is 3.58. The number of nitrogens with zero attached hydrogens (tertiary/aromatic N) is 5. The molecule has 2 heterocycles. The fourth-order valence-corrected chi connectivity index (χ4v) is 3.67. The van der Waals surface area contributed by atoms with Crippen LogP contribution in [0.25, 0.3) is 0 Å². The standard InChI is InChI=1S/C22H22ClN5/c1-3-28-15-19(25-18-11-7-10-17(23)14-18)21(20-12-13-24-27(20)2)22(26-28)16-8-5-4-6-9-16/h4-14,21H,3,15H2,1-2H3. The van der Waals surface area contributed by atoms with Gasteiger partial charge in [0.25, 0.3) is 0 Å². The first-order valence-electron chi connectivity index (χ1n) is 9.35. The minimum absolute atomic E-state index is 0.0725. The molecule has 3 aromatic rings. The summed E-state index contributed by atoms with van der Waals surface area (Å²) in [6.07, 6.45) is 1.82. The number of aryl methyl sites for hydroxylation is 1.